The van der Waals surface area contributed by atoms with Gasteiger partial charge < -0.3 is 8.97 Å². The molecule has 0 spiro atoms. The molecule has 3 rings (SSSR count). The molecule has 0 fully saturated rings. The average molecular weight is 231 g/mol. The van der Waals surface area contributed by atoms with Crippen LogP contribution in [0.2, 0.25) is 0 Å². The summed E-state index contributed by atoms with van der Waals surface area (Å²) in [6.07, 6.45) is 0. The van der Waals surface area contributed by atoms with Gasteiger partial charge in [0, 0.05) is 15.7 Å². The number of benzene rings is 2. The van der Waals surface area contributed by atoms with E-state index in [2.05, 4.69) is 0 Å². The molecule has 1 atom stereocenters. The minimum atomic E-state index is -2.25. The first-order valence-electron chi connectivity index (χ1n) is 4.77. The molecule has 0 radical (unpaired) electrons. The van der Waals surface area contributed by atoms with Crippen LogP contribution in [0.15, 0.2) is 51.8 Å². The van der Waals surface area contributed by atoms with E-state index in [1.165, 1.54) is 0 Å². The molecule has 4 heteroatoms. The van der Waals surface area contributed by atoms with Crippen molar-refractivity contribution in [2.45, 2.75) is 4.90 Å². The maximum absolute atomic E-state index is 11.1. The highest BCUT2D eigenvalue weighted by Crippen LogP contribution is 2.32. The van der Waals surface area contributed by atoms with Crippen LogP contribution in [0, 0.1) is 0 Å². The van der Waals surface area contributed by atoms with Gasteiger partial charge in [-0.05, 0) is 29.3 Å². The Kier molecular flexibility index (Phi) is 2.05. The van der Waals surface area contributed by atoms with Crippen molar-refractivity contribution in [1.82, 2.24) is 0 Å². The van der Waals surface area contributed by atoms with Crippen LogP contribution < -0.4 is 0 Å². The Morgan fingerprint density at radius 1 is 1.00 bits per heavy atom. The van der Waals surface area contributed by atoms with E-state index in [-0.39, 0.29) is 4.90 Å². The molecule has 0 bridgehead atoms. The predicted molar refractivity (Wildman–Crippen MR) is 60.9 cm³/mol. The lowest BCUT2D eigenvalue weighted by Crippen LogP contribution is -1.88. The number of fused-ring (bicyclic) bond motifs is 3. The van der Waals surface area contributed by atoms with Crippen molar-refractivity contribution in [3.05, 3.63) is 42.5 Å². The van der Waals surface area contributed by atoms with Crippen LogP contribution in [0.3, 0.4) is 0 Å². The molecule has 0 aliphatic heterocycles. The number of para-hydroxylation sites is 1. The summed E-state index contributed by atoms with van der Waals surface area (Å²) in [5, 5.41) is 1.49. The third kappa shape index (κ3) is 1.27. The second-order valence-electron chi connectivity index (χ2n) is 3.46. The number of hydrogen-bond donors (Lipinski definition) is 0. The molecule has 16 heavy (non-hydrogen) atoms. The molecule has 0 N–H and O–H groups in total. The van der Waals surface area contributed by atoms with Gasteiger partial charge >= 0.3 is 0 Å². The molecule has 1 heterocycles. The lowest BCUT2D eigenvalue weighted by atomic mass is 10.1. The lowest BCUT2D eigenvalue weighted by molar-refractivity contribution is 0.538. The Balaban J connectivity index is 2.57. The number of rotatable bonds is 1. The number of hydrogen-bond acceptors (Lipinski definition) is 3. The largest absolute Gasteiger partial charge is 0.768 e. The Labute approximate surface area is 94.0 Å². The summed E-state index contributed by atoms with van der Waals surface area (Å²) in [6, 6.07) is 12.4. The van der Waals surface area contributed by atoms with Crippen molar-refractivity contribution < 1.29 is 13.2 Å². The summed E-state index contributed by atoms with van der Waals surface area (Å²) >= 11 is -2.25. The van der Waals surface area contributed by atoms with Gasteiger partial charge in [-0.25, -0.2) is 0 Å². The maximum Gasteiger partial charge on any atom is 0.136 e. The van der Waals surface area contributed by atoms with Crippen LogP contribution in [0.4, 0.5) is 0 Å². The minimum Gasteiger partial charge on any atom is -0.768 e. The quantitative estimate of drug-likeness (QED) is 0.605. The van der Waals surface area contributed by atoms with Gasteiger partial charge in [0.1, 0.15) is 11.2 Å². The zero-order chi connectivity index (χ0) is 11.1. The van der Waals surface area contributed by atoms with E-state index in [9.17, 15) is 8.76 Å². The molecule has 0 saturated heterocycles. The first-order valence-corrected chi connectivity index (χ1v) is 5.84. The molecule has 0 saturated carbocycles. The highest BCUT2D eigenvalue weighted by Gasteiger charge is 2.10. The fraction of sp³-hybridized carbons (Fsp3) is 0. The molecule has 1 unspecified atom stereocenters. The summed E-state index contributed by atoms with van der Waals surface area (Å²) in [5.74, 6) is 0. The van der Waals surface area contributed by atoms with Gasteiger partial charge in [-0.3, -0.25) is 4.21 Å². The van der Waals surface area contributed by atoms with E-state index in [1.54, 1.807) is 18.2 Å². The smallest absolute Gasteiger partial charge is 0.136 e. The van der Waals surface area contributed by atoms with Gasteiger partial charge in [0.05, 0.1) is 0 Å². The van der Waals surface area contributed by atoms with Gasteiger partial charge in [0.25, 0.3) is 0 Å². The van der Waals surface area contributed by atoms with Crippen LogP contribution in [-0.4, -0.2) is 8.76 Å². The molecule has 1 aromatic heterocycles. The minimum absolute atomic E-state index is 0.280. The van der Waals surface area contributed by atoms with E-state index < -0.39 is 11.1 Å². The van der Waals surface area contributed by atoms with Gasteiger partial charge in [0.15, 0.2) is 0 Å². The fourth-order valence-electron chi connectivity index (χ4n) is 1.88. The summed E-state index contributed by atoms with van der Waals surface area (Å²) < 4.78 is 27.8. The van der Waals surface area contributed by atoms with Gasteiger partial charge in [0.2, 0.25) is 0 Å². The fourth-order valence-corrected chi connectivity index (χ4v) is 2.45. The van der Waals surface area contributed by atoms with E-state index in [0.717, 1.165) is 5.39 Å². The highest BCUT2D eigenvalue weighted by atomic mass is 32.2. The molecule has 3 aromatic rings. The van der Waals surface area contributed by atoms with E-state index in [1.807, 2.05) is 24.3 Å². The molecular formula is C12H7O3S-. The average Bonchev–Trinajstić information content (AvgIpc) is 2.66. The Hall–Kier alpha value is -1.65. The van der Waals surface area contributed by atoms with Gasteiger partial charge in [-0.2, -0.15) is 0 Å². The van der Waals surface area contributed by atoms with Crippen LogP contribution >= 0.6 is 0 Å². The van der Waals surface area contributed by atoms with E-state index in [4.69, 9.17) is 4.42 Å². The molecule has 0 aliphatic carbocycles. The summed E-state index contributed by atoms with van der Waals surface area (Å²) in [7, 11) is 0. The van der Waals surface area contributed by atoms with Crippen LogP contribution in [0.5, 0.6) is 0 Å². The summed E-state index contributed by atoms with van der Waals surface area (Å²) in [6.45, 7) is 0. The second-order valence-corrected chi connectivity index (χ2v) is 4.37. The topological polar surface area (TPSA) is 53.3 Å². The molecular weight excluding hydrogens is 224 g/mol. The van der Waals surface area contributed by atoms with Crippen molar-refractivity contribution in [1.29, 1.82) is 0 Å². The first kappa shape index (κ1) is 9.57. The zero-order valence-corrected chi connectivity index (χ0v) is 8.99. The normalized spacial score (nSPS) is 13.3. The molecule has 0 aliphatic rings. The maximum atomic E-state index is 11.1. The van der Waals surface area contributed by atoms with Gasteiger partial charge in [-0.15, -0.1) is 0 Å². The molecule has 80 valence electrons. The summed E-state index contributed by atoms with van der Waals surface area (Å²) in [4.78, 5) is 0.280. The molecule has 0 amide bonds. The second kappa shape index (κ2) is 3.43. The molecule has 3 nitrogen and oxygen atoms in total. The third-order valence-corrected chi connectivity index (χ3v) is 3.24. The van der Waals surface area contributed by atoms with E-state index >= 15 is 0 Å². The SMILES string of the molecule is O=S([O-])c1cccc2oc3ccccc3c12. The van der Waals surface area contributed by atoms with Crippen LogP contribution in [0.1, 0.15) is 0 Å². The monoisotopic (exact) mass is 231 g/mol. The summed E-state index contributed by atoms with van der Waals surface area (Å²) in [5.41, 5.74) is 1.30. The standard InChI is InChI=1S/C12H8O3S/c13-16(14)11-7-3-6-10-12(11)8-4-1-2-5-9(8)15-10/h1-7H,(H,13,14)/p-1. The van der Waals surface area contributed by atoms with Crippen molar-refractivity contribution >= 4 is 33.0 Å². The van der Waals surface area contributed by atoms with Crippen molar-refractivity contribution in [3.8, 4) is 0 Å². The van der Waals surface area contributed by atoms with Crippen molar-refractivity contribution in [2.24, 2.45) is 0 Å². The van der Waals surface area contributed by atoms with Crippen LogP contribution in [-0.2, 0) is 11.1 Å². The van der Waals surface area contributed by atoms with Crippen molar-refractivity contribution in [2.75, 3.05) is 0 Å². The zero-order valence-electron chi connectivity index (χ0n) is 8.17. The van der Waals surface area contributed by atoms with E-state index in [0.29, 0.717) is 16.6 Å². The number of furan rings is 1. The Morgan fingerprint density at radius 3 is 2.56 bits per heavy atom. The lowest BCUT2D eigenvalue weighted by Gasteiger charge is -2.05. The molecule has 2 aromatic carbocycles. The Bertz CT molecular complexity index is 700. The van der Waals surface area contributed by atoms with Crippen LogP contribution in [0.25, 0.3) is 21.9 Å². The Morgan fingerprint density at radius 2 is 1.75 bits per heavy atom. The van der Waals surface area contributed by atoms with Gasteiger partial charge in [-0.1, -0.05) is 24.3 Å². The predicted octanol–water partition coefficient (Wildman–Crippen LogP) is 2.82. The first-order chi connectivity index (χ1) is 7.77. The third-order valence-electron chi connectivity index (χ3n) is 2.54. The highest BCUT2D eigenvalue weighted by molar-refractivity contribution is 7.79. The van der Waals surface area contributed by atoms with Crippen molar-refractivity contribution in [3.63, 3.8) is 0 Å².